The summed E-state index contributed by atoms with van der Waals surface area (Å²) < 4.78 is 16.4. The first-order valence-corrected chi connectivity index (χ1v) is 13.8. The summed E-state index contributed by atoms with van der Waals surface area (Å²) in [4.78, 5) is 36.2. The minimum Gasteiger partial charge on any atom is -0.325 e. The standard InChI is InChI=1S/C33H33FN6O2/c1-6-21(4)14-22(5)15-27(8-3)40-32(41)38-31(37-30-18-25-10-9-13-36-29(25)17-24(30)7-2)39(33(40)42)20-23-11-12-28(34)26(16-23)19-35/h8-18H,6-7,20H2,1-5H3,(H,37,38,41)/b21-14+,22-15-,27-8+. The predicted octanol–water partition coefficient (Wildman–Crippen LogP) is 6.48. The molecule has 0 spiro atoms. The van der Waals surface area contributed by atoms with Crippen LogP contribution in [-0.2, 0) is 13.0 Å². The number of hydrogen-bond donors (Lipinski definition) is 1. The van der Waals surface area contributed by atoms with Crippen molar-refractivity contribution in [2.24, 2.45) is 0 Å². The Balaban J connectivity index is 1.92. The Morgan fingerprint density at radius 3 is 2.60 bits per heavy atom. The average Bonchev–Trinajstić information content (AvgIpc) is 2.98. The number of nitrogens with zero attached hydrogens (tertiary/aromatic N) is 5. The van der Waals surface area contributed by atoms with Crippen LogP contribution in [0.2, 0.25) is 0 Å². The van der Waals surface area contributed by atoms with Gasteiger partial charge in [0, 0.05) is 17.3 Å². The second kappa shape index (κ2) is 13.0. The highest BCUT2D eigenvalue weighted by Gasteiger charge is 2.18. The fraction of sp³-hybridized carbons (Fsp3) is 0.242. The van der Waals surface area contributed by atoms with Crippen molar-refractivity contribution in [1.29, 1.82) is 5.26 Å². The fourth-order valence-corrected chi connectivity index (χ4v) is 4.63. The van der Waals surface area contributed by atoms with Crippen molar-refractivity contribution in [1.82, 2.24) is 19.1 Å². The van der Waals surface area contributed by atoms with Gasteiger partial charge in [0.25, 0.3) is 0 Å². The first-order chi connectivity index (χ1) is 20.2. The van der Waals surface area contributed by atoms with Crippen LogP contribution in [0.1, 0.15) is 57.7 Å². The third-order valence-electron chi connectivity index (χ3n) is 6.98. The highest BCUT2D eigenvalue weighted by Crippen LogP contribution is 2.26. The summed E-state index contributed by atoms with van der Waals surface area (Å²) in [6.07, 6.45) is 8.70. The number of benzene rings is 2. The summed E-state index contributed by atoms with van der Waals surface area (Å²) in [6, 6.07) is 13.5. The molecule has 9 heteroatoms. The number of nitriles is 1. The maximum Gasteiger partial charge on any atom is 0.359 e. The van der Waals surface area contributed by atoms with E-state index in [-0.39, 0.29) is 18.1 Å². The van der Waals surface area contributed by atoms with E-state index in [1.807, 2.05) is 57.2 Å². The maximum atomic E-state index is 14.1. The van der Waals surface area contributed by atoms with Crippen LogP contribution in [0.3, 0.4) is 0 Å². The number of aromatic nitrogens is 4. The maximum absolute atomic E-state index is 14.1. The van der Waals surface area contributed by atoms with E-state index in [2.05, 4.69) is 22.2 Å². The normalized spacial score (nSPS) is 12.5. The van der Waals surface area contributed by atoms with Crippen LogP contribution >= 0.6 is 0 Å². The molecule has 42 heavy (non-hydrogen) atoms. The summed E-state index contributed by atoms with van der Waals surface area (Å²) in [5.74, 6) is -0.625. The van der Waals surface area contributed by atoms with Crippen LogP contribution in [0, 0.1) is 17.1 Å². The Labute approximate surface area is 243 Å². The first kappa shape index (κ1) is 29.9. The molecule has 0 aliphatic rings. The van der Waals surface area contributed by atoms with E-state index in [1.165, 1.54) is 22.8 Å². The molecule has 214 valence electrons. The third-order valence-corrected chi connectivity index (χ3v) is 6.98. The second-order valence-corrected chi connectivity index (χ2v) is 9.98. The van der Waals surface area contributed by atoms with E-state index < -0.39 is 17.2 Å². The zero-order valence-electron chi connectivity index (χ0n) is 24.4. The quantitative estimate of drug-likeness (QED) is 0.233. The molecule has 1 N–H and O–H groups in total. The number of nitrogens with one attached hydrogen (secondary N) is 1. The van der Waals surface area contributed by atoms with Gasteiger partial charge in [-0.1, -0.05) is 43.7 Å². The molecular weight excluding hydrogens is 531 g/mol. The molecule has 0 saturated carbocycles. The van der Waals surface area contributed by atoms with Gasteiger partial charge >= 0.3 is 11.4 Å². The van der Waals surface area contributed by atoms with E-state index >= 15 is 0 Å². The van der Waals surface area contributed by atoms with Crippen molar-refractivity contribution in [2.75, 3.05) is 5.32 Å². The summed E-state index contributed by atoms with van der Waals surface area (Å²) in [5, 5.41) is 13.4. The van der Waals surface area contributed by atoms with Gasteiger partial charge in [0.1, 0.15) is 11.9 Å². The third kappa shape index (κ3) is 6.44. The lowest BCUT2D eigenvalue weighted by Gasteiger charge is -2.18. The molecule has 2 aromatic carbocycles. The van der Waals surface area contributed by atoms with Crippen molar-refractivity contribution in [2.45, 2.75) is 54.0 Å². The number of aryl methyl sites for hydroxylation is 1. The molecule has 0 saturated heterocycles. The van der Waals surface area contributed by atoms with Gasteiger partial charge in [-0.05, 0) is 86.7 Å². The lowest BCUT2D eigenvalue weighted by Crippen LogP contribution is -2.42. The Kier molecular flexibility index (Phi) is 9.28. The van der Waals surface area contributed by atoms with Crippen LogP contribution in [0.15, 0.2) is 87.6 Å². The number of hydrogen-bond acceptors (Lipinski definition) is 6. The van der Waals surface area contributed by atoms with E-state index in [9.17, 15) is 19.2 Å². The lowest BCUT2D eigenvalue weighted by molar-refractivity contribution is 0.620. The Bertz CT molecular complexity index is 1910. The zero-order chi connectivity index (χ0) is 30.4. The van der Waals surface area contributed by atoms with Crippen LogP contribution in [-0.4, -0.2) is 19.1 Å². The van der Waals surface area contributed by atoms with E-state index in [0.717, 1.165) is 38.6 Å². The minimum absolute atomic E-state index is 0.0277. The molecule has 0 bridgehead atoms. The number of allylic oxidation sites excluding steroid dienone is 6. The van der Waals surface area contributed by atoms with Gasteiger partial charge in [-0.25, -0.2) is 18.5 Å². The van der Waals surface area contributed by atoms with Gasteiger partial charge in [0.15, 0.2) is 0 Å². The van der Waals surface area contributed by atoms with Gasteiger partial charge in [-0.3, -0.25) is 9.55 Å². The Morgan fingerprint density at radius 2 is 1.90 bits per heavy atom. The SMILES string of the molecule is C\C=C(/C=C(C)\C=C(/C)CC)n1c(=O)nc(Nc2cc3cccnc3cc2CC)n(Cc2ccc(F)c(C#N)c2)c1=O. The monoisotopic (exact) mass is 564 g/mol. The molecule has 8 nitrogen and oxygen atoms in total. The van der Waals surface area contributed by atoms with Crippen molar-refractivity contribution in [3.05, 3.63) is 122 Å². The predicted molar refractivity (Wildman–Crippen MR) is 165 cm³/mol. The minimum atomic E-state index is -0.746. The molecule has 0 unspecified atom stereocenters. The number of pyridine rings is 1. The summed E-state index contributed by atoms with van der Waals surface area (Å²) in [6.45, 7) is 9.65. The van der Waals surface area contributed by atoms with E-state index in [0.29, 0.717) is 23.4 Å². The zero-order valence-corrected chi connectivity index (χ0v) is 24.4. The molecule has 0 fully saturated rings. The Hall–Kier alpha value is -5.10. The first-order valence-electron chi connectivity index (χ1n) is 13.8. The van der Waals surface area contributed by atoms with Crippen molar-refractivity contribution >= 4 is 28.2 Å². The second-order valence-electron chi connectivity index (χ2n) is 9.98. The molecule has 4 aromatic rings. The van der Waals surface area contributed by atoms with Crippen LogP contribution < -0.4 is 16.7 Å². The van der Waals surface area contributed by atoms with Crippen LogP contribution in [0.5, 0.6) is 0 Å². The Morgan fingerprint density at radius 1 is 1.12 bits per heavy atom. The van der Waals surface area contributed by atoms with Crippen molar-refractivity contribution in [3.8, 4) is 6.07 Å². The molecule has 0 aliphatic heterocycles. The summed E-state index contributed by atoms with van der Waals surface area (Å²) in [5.41, 5.74) is 3.80. The van der Waals surface area contributed by atoms with E-state index in [4.69, 9.17) is 0 Å². The molecular formula is C33H33FN6O2. The molecule has 0 aliphatic carbocycles. The lowest BCUT2D eigenvalue weighted by atomic mass is 10.1. The van der Waals surface area contributed by atoms with Gasteiger partial charge in [0.05, 0.1) is 23.3 Å². The molecule has 4 rings (SSSR count). The average molecular weight is 565 g/mol. The van der Waals surface area contributed by atoms with Gasteiger partial charge in [-0.2, -0.15) is 10.2 Å². The molecule has 2 aromatic heterocycles. The topological polar surface area (TPSA) is 106 Å². The summed E-state index contributed by atoms with van der Waals surface area (Å²) >= 11 is 0. The molecule has 0 radical (unpaired) electrons. The van der Waals surface area contributed by atoms with Crippen molar-refractivity contribution < 1.29 is 4.39 Å². The number of halogens is 1. The van der Waals surface area contributed by atoms with Gasteiger partial charge in [0.2, 0.25) is 5.95 Å². The highest BCUT2D eigenvalue weighted by molar-refractivity contribution is 5.85. The van der Waals surface area contributed by atoms with Gasteiger partial charge < -0.3 is 5.32 Å². The smallest absolute Gasteiger partial charge is 0.325 e. The number of anilines is 2. The largest absolute Gasteiger partial charge is 0.359 e. The van der Waals surface area contributed by atoms with Crippen LogP contribution in [0.4, 0.5) is 16.0 Å². The molecule has 0 atom stereocenters. The number of fused-ring (bicyclic) bond motifs is 1. The number of rotatable bonds is 9. The van der Waals surface area contributed by atoms with E-state index in [1.54, 1.807) is 25.3 Å². The molecule has 2 heterocycles. The van der Waals surface area contributed by atoms with Crippen LogP contribution in [0.25, 0.3) is 16.6 Å². The van der Waals surface area contributed by atoms with Crippen molar-refractivity contribution in [3.63, 3.8) is 0 Å². The highest BCUT2D eigenvalue weighted by atomic mass is 19.1. The summed E-state index contributed by atoms with van der Waals surface area (Å²) in [7, 11) is 0. The molecule has 0 amide bonds. The fourth-order valence-electron chi connectivity index (χ4n) is 4.63. The van der Waals surface area contributed by atoms with Gasteiger partial charge in [-0.15, -0.1) is 0 Å².